The van der Waals surface area contributed by atoms with Gasteiger partial charge in [0.1, 0.15) is 0 Å². The molecule has 0 saturated heterocycles. The van der Waals surface area contributed by atoms with Crippen molar-refractivity contribution in [3.05, 3.63) is 66.2 Å². The molecular formula is C15H12BrNO4S. The largest absolute Gasteiger partial charge is 0.478 e. The smallest absolute Gasteiger partial charge is 0.328 e. The van der Waals surface area contributed by atoms with Gasteiger partial charge >= 0.3 is 5.97 Å². The molecule has 0 radical (unpaired) electrons. The number of carboxylic acid groups (broad SMARTS) is 1. The number of rotatable bonds is 5. The highest BCUT2D eigenvalue weighted by atomic mass is 79.9. The van der Waals surface area contributed by atoms with E-state index in [2.05, 4.69) is 16.1 Å². The standard InChI is InChI=1S/C15H12BrNO4S/c16-17(13-7-2-1-3-8-13)22(20,21)14-9-5-4-6-12(14)10-11-15(18)19/h1-11H,(H,18,19). The van der Waals surface area contributed by atoms with Crippen molar-refractivity contribution < 1.29 is 18.3 Å². The van der Waals surface area contributed by atoms with Gasteiger partial charge in [-0.2, -0.15) is 3.33 Å². The van der Waals surface area contributed by atoms with Gasteiger partial charge in [0.2, 0.25) is 0 Å². The summed E-state index contributed by atoms with van der Waals surface area (Å²) in [6.45, 7) is 0. The molecule has 0 atom stereocenters. The monoisotopic (exact) mass is 381 g/mol. The van der Waals surface area contributed by atoms with Crippen LogP contribution in [0.2, 0.25) is 0 Å². The quantitative estimate of drug-likeness (QED) is 0.636. The highest BCUT2D eigenvalue weighted by molar-refractivity contribution is 9.11. The first kappa shape index (κ1) is 16.3. The average molecular weight is 382 g/mol. The molecule has 0 saturated carbocycles. The number of carboxylic acids is 1. The summed E-state index contributed by atoms with van der Waals surface area (Å²) in [6.07, 6.45) is 2.15. The van der Waals surface area contributed by atoms with Gasteiger partial charge < -0.3 is 5.11 Å². The van der Waals surface area contributed by atoms with Crippen LogP contribution in [0, 0.1) is 0 Å². The normalized spacial score (nSPS) is 11.5. The Hall–Kier alpha value is -2.12. The number of hydrogen-bond acceptors (Lipinski definition) is 3. The maximum atomic E-state index is 12.7. The molecule has 5 nitrogen and oxygen atoms in total. The number of sulfonamides is 1. The van der Waals surface area contributed by atoms with Crippen LogP contribution >= 0.6 is 16.1 Å². The zero-order valence-corrected chi connectivity index (χ0v) is 13.7. The number of aliphatic carboxylic acids is 1. The second-order valence-corrected chi connectivity index (χ2v) is 7.20. The van der Waals surface area contributed by atoms with Crippen molar-refractivity contribution in [3.63, 3.8) is 0 Å². The summed E-state index contributed by atoms with van der Waals surface area (Å²) in [5.74, 6) is -1.15. The molecule has 22 heavy (non-hydrogen) atoms. The third kappa shape index (κ3) is 3.55. The molecule has 0 spiro atoms. The molecule has 2 aromatic carbocycles. The number of nitrogens with zero attached hydrogens (tertiary/aromatic N) is 1. The topological polar surface area (TPSA) is 74.7 Å². The van der Waals surface area contributed by atoms with E-state index in [4.69, 9.17) is 5.11 Å². The van der Waals surface area contributed by atoms with Gasteiger partial charge in [-0.25, -0.2) is 13.2 Å². The second-order valence-electron chi connectivity index (χ2n) is 4.26. The highest BCUT2D eigenvalue weighted by Crippen LogP contribution is 2.29. The predicted molar refractivity (Wildman–Crippen MR) is 88.1 cm³/mol. The Morgan fingerprint density at radius 1 is 1.05 bits per heavy atom. The van der Waals surface area contributed by atoms with E-state index in [0.29, 0.717) is 11.3 Å². The van der Waals surface area contributed by atoms with E-state index in [1.54, 1.807) is 42.5 Å². The molecule has 1 N–H and O–H groups in total. The molecule has 0 amide bonds. The van der Waals surface area contributed by atoms with Crippen LogP contribution in [0.15, 0.2) is 65.6 Å². The van der Waals surface area contributed by atoms with Crippen molar-refractivity contribution in [2.45, 2.75) is 4.90 Å². The predicted octanol–water partition coefficient (Wildman–Crippen LogP) is 3.29. The van der Waals surface area contributed by atoms with Crippen LogP contribution in [0.3, 0.4) is 0 Å². The van der Waals surface area contributed by atoms with Gasteiger partial charge in [-0.3, -0.25) is 0 Å². The lowest BCUT2D eigenvalue weighted by Crippen LogP contribution is -2.21. The number of halogens is 1. The Labute approximate surface area is 136 Å². The number of anilines is 1. The number of para-hydroxylation sites is 1. The van der Waals surface area contributed by atoms with E-state index < -0.39 is 16.0 Å². The Morgan fingerprint density at radius 3 is 2.27 bits per heavy atom. The van der Waals surface area contributed by atoms with Crippen molar-refractivity contribution in [1.29, 1.82) is 0 Å². The van der Waals surface area contributed by atoms with E-state index in [1.165, 1.54) is 18.2 Å². The van der Waals surface area contributed by atoms with Gasteiger partial charge in [0.25, 0.3) is 10.0 Å². The minimum Gasteiger partial charge on any atom is -0.478 e. The summed E-state index contributed by atoms with van der Waals surface area (Å²) in [5, 5.41) is 8.70. The second kappa shape index (κ2) is 6.76. The fourth-order valence-corrected chi connectivity index (χ4v) is 3.75. The SMILES string of the molecule is O=C(O)C=Cc1ccccc1S(=O)(=O)N(Br)c1ccccc1. The van der Waals surface area contributed by atoms with Crippen molar-refractivity contribution in [2.24, 2.45) is 0 Å². The van der Waals surface area contributed by atoms with E-state index in [1.807, 2.05) is 0 Å². The van der Waals surface area contributed by atoms with Crippen LogP contribution in [-0.4, -0.2) is 19.5 Å². The van der Waals surface area contributed by atoms with Crippen molar-refractivity contribution >= 4 is 43.9 Å². The Kier molecular flexibility index (Phi) is 4.99. The zero-order chi connectivity index (χ0) is 16.2. The van der Waals surface area contributed by atoms with Crippen molar-refractivity contribution in [2.75, 3.05) is 3.33 Å². The van der Waals surface area contributed by atoms with E-state index in [-0.39, 0.29) is 4.90 Å². The Morgan fingerprint density at radius 2 is 1.64 bits per heavy atom. The summed E-state index contributed by atoms with van der Waals surface area (Å²) < 4.78 is 26.4. The van der Waals surface area contributed by atoms with E-state index in [0.717, 1.165) is 9.41 Å². The fraction of sp³-hybridized carbons (Fsp3) is 0. The Balaban J connectivity index is 2.48. The maximum absolute atomic E-state index is 12.7. The molecular weight excluding hydrogens is 370 g/mol. The zero-order valence-electron chi connectivity index (χ0n) is 11.3. The Bertz CT molecular complexity index is 803. The van der Waals surface area contributed by atoms with Crippen LogP contribution in [0.1, 0.15) is 5.56 Å². The molecule has 0 aliphatic rings. The van der Waals surface area contributed by atoms with Crippen LogP contribution < -0.4 is 3.33 Å². The average Bonchev–Trinajstić information content (AvgIpc) is 2.53. The minimum absolute atomic E-state index is 0.00762. The molecule has 0 unspecified atom stereocenters. The van der Waals surface area contributed by atoms with Crippen LogP contribution in [0.5, 0.6) is 0 Å². The molecule has 0 aromatic heterocycles. The number of carbonyl (C=O) groups is 1. The molecule has 2 rings (SSSR count). The van der Waals surface area contributed by atoms with Gasteiger partial charge in [-0.15, -0.1) is 0 Å². The fourth-order valence-electron chi connectivity index (χ4n) is 1.78. The third-order valence-corrected chi connectivity index (χ3v) is 5.89. The van der Waals surface area contributed by atoms with Crippen molar-refractivity contribution in [1.82, 2.24) is 0 Å². The van der Waals surface area contributed by atoms with Gasteiger partial charge in [-0.05, 0) is 29.8 Å². The lowest BCUT2D eigenvalue weighted by atomic mass is 10.2. The molecule has 0 fully saturated rings. The summed E-state index contributed by atoms with van der Waals surface area (Å²) in [4.78, 5) is 10.6. The molecule has 0 aliphatic heterocycles. The van der Waals surface area contributed by atoms with E-state index in [9.17, 15) is 13.2 Å². The van der Waals surface area contributed by atoms with Gasteiger partial charge in [0.05, 0.1) is 26.7 Å². The summed E-state index contributed by atoms with van der Waals surface area (Å²) >= 11 is 3.06. The first-order valence-electron chi connectivity index (χ1n) is 6.19. The first-order chi connectivity index (χ1) is 10.4. The molecule has 0 aliphatic carbocycles. The molecule has 2 aromatic rings. The van der Waals surface area contributed by atoms with Gasteiger partial charge in [0, 0.05) is 6.08 Å². The minimum atomic E-state index is -3.86. The van der Waals surface area contributed by atoms with Gasteiger partial charge in [-0.1, -0.05) is 36.4 Å². The molecule has 7 heteroatoms. The lowest BCUT2D eigenvalue weighted by molar-refractivity contribution is -0.131. The summed E-state index contributed by atoms with van der Waals surface area (Å²) in [7, 11) is -3.86. The first-order valence-corrected chi connectivity index (χ1v) is 8.34. The third-order valence-electron chi connectivity index (χ3n) is 2.77. The summed E-state index contributed by atoms with van der Waals surface area (Å²) in [6, 6.07) is 14.7. The van der Waals surface area contributed by atoms with E-state index >= 15 is 0 Å². The van der Waals surface area contributed by atoms with Crippen LogP contribution in [0.4, 0.5) is 5.69 Å². The van der Waals surface area contributed by atoms with Crippen LogP contribution in [0.25, 0.3) is 6.08 Å². The van der Waals surface area contributed by atoms with Gasteiger partial charge in [0.15, 0.2) is 0 Å². The van der Waals surface area contributed by atoms with Crippen molar-refractivity contribution in [3.8, 4) is 0 Å². The highest BCUT2D eigenvalue weighted by Gasteiger charge is 2.24. The maximum Gasteiger partial charge on any atom is 0.328 e. The summed E-state index contributed by atoms with van der Waals surface area (Å²) in [5.41, 5.74) is 0.741. The number of hydrogen-bond donors (Lipinski definition) is 1. The lowest BCUT2D eigenvalue weighted by Gasteiger charge is -2.18. The van der Waals surface area contributed by atoms with Crippen LogP contribution in [-0.2, 0) is 14.8 Å². The molecule has 0 bridgehead atoms. The number of benzene rings is 2. The molecule has 114 valence electrons. The molecule has 0 heterocycles.